The highest BCUT2D eigenvalue weighted by Crippen LogP contribution is 2.36. The van der Waals surface area contributed by atoms with Gasteiger partial charge in [0.2, 0.25) is 0 Å². The van der Waals surface area contributed by atoms with Crippen LogP contribution in [-0.4, -0.2) is 26.9 Å². The number of hydrogen-bond donors (Lipinski definition) is 1. The van der Waals surface area contributed by atoms with Crippen molar-refractivity contribution in [3.8, 4) is 23.0 Å². The molecule has 0 saturated heterocycles. The Bertz CT molecular complexity index is 764. The Morgan fingerprint density at radius 2 is 1.96 bits per heavy atom. The summed E-state index contributed by atoms with van der Waals surface area (Å²) in [5, 5.41) is 17.8. The molecule has 0 saturated carbocycles. The van der Waals surface area contributed by atoms with E-state index in [1.165, 1.54) is 0 Å². The van der Waals surface area contributed by atoms with Crippen molar-refractivity contribution in [3.63, 3.8) is 0 Å². The van der Waals surface area contributed by atoms with Crippen LogP contribution in [0.2, 0.25) is 0 Å². The SMILES string of the molecule is C=C(/C=C\C=C/C)COc1ncc(-c2cc(Br)c(O)c(Br)c2)nn1. The van der Waals surface area contributed by atoms with Crippen molar-refractivity contribution in [3.05, 3.63) is 63.7 Å². The number of nitrogens with zero attached hydrogens (tertiary/aromatic N) is 3. The lowest BCUT2D eigenvalue weighted by Crippen LogP contribution is -2.03. The number of aromatic nitrogens is 3. The van der Waals surface area contributed by atoms with Crippen LogP contribution in [-0.2, 0) is 0 Å². The summed E-state index contributed by atoms with van der Waals surface area (Å²) in [7, 11) is 0. The standard InChI is InChI=1S/C17H15Br2N3O2/c1-3-4-5-6-11(2)10-24-17-20-9-15(21-22-17)12-7-13(18)16(23)14(19)8-12/h3-9,23H,2,10H2,1H3/b4-3-,6-5-. The molecule has 1 N–H and O–H groups in total. The summed E-state index contributed by atoms with van der Waals surface area (Å²) < 4.78 is 6.55. The van der Waals surface area contributed by atoms with Crippen LogP contribution in [0.5, 0.6) is 11.8 Å². The summed E-state index contributed by atoms with van der Waals surface area (Å²) in [6, 6.07) is 3.65. The van der Waals surface area contributed by atoms with Crippen LogP contribution in [0.25, 0.3) is 11.3 Å². The van der Waals surface area contributed by atoms with Gasteiger partial charge in [0.1, 0.15) is 18.1 Å². The average Bonchev–Trinajstić information content (AvgIpc) is 2.58. The minimum atomic E-state index is 0.129. The Kier molecular flexibility index (Phi) is 6.69. The molecule has 7 heteroatoms. The van der Waals surface area contributed by atoms with E-state index in [4.69, 9.17) is 4.74 Å². The molecule has 0 aliphatic heterocycles. The number of benzene rings is 1. The van der Waals surface area contributed by atoms with Crippen molar-refractivity contribution >= 4 is 31.9 Å². The first kappa shape index (κ1) is 18.4. The number of aromatic hydroxyl groups is 1. The van der Waals surface area contributed by atoms with Gasteiger partial charge in [0.25, 0.3) is 0 Å². The highest BCUT2D eigenvalue weighted by molar-refractivity contribution is 9.11. The van der Waals surface area contributed by atoms with E-state index in [0.29, 0.717) is 14.6 Å². The first-order valence-electron chi connectivity index (χ1n) is 6.99. The van der Waals surface area contributed by atoms with Gasteiger partial charge in [-0.1, -0.05) is 36.0 Å². The van der Waals surface area contributed by atoms with Crippen LogP contribution in [0.4, 0.5) is 0 Å². The molecule has 0 aliphatic carbocycles. The molecule has 0 bridgehead atoms. The number of allylic oxidation sites excluding steroid dienone is 3. The molecule has 0 radical (unpaired) electrons. The molecule has 0 unspecified atom stereocenters. The van der Waals surface area contributed by atoms with Crippen LogP contribution in [0.15, 0.2) is 63.7 Å². The molecule has 1 aromatic carbocycles. The van der Waals surface area contributed by atoms with Crippen molar-refractivity contribution < 1.29 is 9.84 Å². The molecule has 2 rings (SSSR count). The first-order chi connectivity index (χ1) is 11.5. The lowest BCUT2D eigenvalue weighted by atomic mass is 10.1. The summed E-state index contributed by atoms with van der Waals surface area (Å²) in [4.78, 5) is 4.14. The number of phenols is 1. The van der Waals surface area contributed by atoms with Crippen molar-refractivity contribution in [2.24, 2.45) is 0 Å². The van der Waals surface area contributed by atoms with Crippen LogP contribution >= 0.6 is 31.9 Å². The smallest absolute Gasteiger partial charge is 0.336 e. The summed E-state index contributed by atoms with van der Waals surface area (Å²) in [5.74, 6) is 0.129. The van der Waals surface area contributed by atoms with Crippen molar-refractivity contribution in [1.82, 2.24) is 15.2 Å². The maximum Gasteiger partial charge on any atom is 0.336 e. The number of halogens is 2. The minimum Gasteiger partial charge on any atom is -0.506 e. The molecule has 0 amide bonds. The van der Waals surface area contributed by atoms with Gasteiger partial charge >= 0.3 is 6.01 Å². The Morgan fingerprint density at radius 1 is 1.25 bits per heavy atom. The van der Waals surface area contributed by atoms with Gasteiger partial charge in [-0.15, -0.1) is 5.10 Å². The van der Waals surface area contributed by atoms with E-state index < -0.39 is 0 Å². The number of hydrogen-bond acceptors (Lipinski definition) is 5. The normalized spacial score (nSPS) is 11.3. The quantitative estimate of drug-likeness (QED) is 0.635. The lowest BCUT2D eigenvalue weighted by molar-refractivity contribution is 0.322. The fourth-order valence-electron chi connectivity index (χ4n) is 1.68. The van der Waals surface area contributed by atoms with Crippen LogP contribution in [0.3, 0.4) is 0 Å². The van der Waals surface area contributed by atoms with Crippen LogP contribution in [0, 0.1) is 0 Å². The van der Waals surface area contributed by atoms with Crippen LogP contribution in [0.1, 0.15) is 6.92 Å². The van der Waals surface area contributed by atoms with E-state index in [1.807, 2.05) is 31.2 Å². The zero-order valence-corrected chi connectivity index (χ0v) is 16.1. The number of phenolic OH excluding ortho intramolecular Hbond substituents is 1. The zero-order valence-electron chi connectivity index (χ0n) is 12.9. The molecule has 2 aromatic rings. The van der Waals surface area contributed by atoms with Crippen molar-refractivity contribution in [1.29, 1.82) is 0 Å². The summed E-state index contributed by atoms with van der Waals surface area (Å²) in [5.41, 5.74) is 2.12. The molecular weight excluding hydrogens is 438 g/mol. The second-order valence-electron chi connectivity index (χ2n) is 4.75. The van der Waals surface area contributed by atoms with Gasteiger partial charge in [-0.05, 0) is 56.5 Å². The fraction of sp³-hybridized carbons (Fsp3) is 0.118. The molecular formula is C17H15Br2N3O2. The summed E-state index contributed by atoms with van der Waals surface area (Å²) >= 11 is 6.56. The third-order valence-corrected chi connectivity index (χ3v) is 4.08. The third kappa shape index (κ3) is 5.01. The molecule has 1 aromatic heterocycles. The second kappa shape index (κ2) is 8.75. The zero-order chi connectivity index (χ0) is 17.5. The fourth-order valence-corrected chi connectivity index (χ4v) is 2.87. The van der Waals surface area contributed by atoms with E-state index in [-0.39, 0.29) is 18.4 Å². The van der Waals surface area contributed by atoms with Gasteiger partial charge in [0.15, 0.2) is 0 Å². The molecule has 0 aliphatic rings. The van der Waals surface area contributed by atoms with E-state index in [0.717, 1.165) is 11.1 Å². The molecule has 0 fully saturated rings. The van der Waals surface area contributed by atoms with Crippen molar-refractivity contribution in [2.45, 2.75) is 6.92 Å². The van der Waals surface area contributed by atoms with E-state index in [9.17, 15) is 5.11 Å². The maximum atomic E-state index is 9.74. The Morgan fingerprint density at radius 3 is 2.54 bits per heavy atom. The maximum absolute atomic E-state index is 9.74. The lowest BCUT2D eigenvalue weighted by Gasteiger charge is -2.06. The van der Waals surface area contributed by atoms with E-state index >= 15 is 0 Å². The van der Waals surface area contributed by atoms with Crippen molar-refractivity contribution in [2.75, 3.05) is 6.61 Å². The van der Waals surface area contributed by atoms with Gasteiger partial charge in [-0.2, -0.15) is 0 Å². The minimum absolute atomic E-state index is 0.129. The third-order valence-electron chi connectivity index (χ3n) is 2.88. The largest absolute Gasteiger partial charge is 0.506 e. The topological polar surface area (TPSA) is 68.1 Å². The molecule has 1 heterocycles. The molecule has 0 atom stereocenters. The van der Waals surface area contributed by atoms with Gasteiger partial charge in [-0.25, -0.2) is 4.98 Å². The number of rotatable bonds is 6. The van der Waals surface area contributed by atoms with Gasteiger partial charge < -0.3 is 9.84 Å². The predicted molar refractivity (Wildman–Crippen MR) is 101 cm³/mol. The molecule has 124 valence electrons. The molecule has 0 spiro atoms. The Hall–Kier alpha value is -1.99. The molecule has 5 nitrogen and oxygen atoms in total. The summed E-state index contributed by atoms with van der Waals surface area (Å²) in [6.45, 7) is 6.10. The summed E-state index contributed by atoms with van der Waals surface area (Å²) in [6.07, 6.45) is 9.14. The monoisotopic (exact) mass is 451 g/mol. The van der Waals surface area contributed by atoms with Gasteiger partial charge in [-0.3, -0.25) is 0 Å². The Labute approximate surface area is 157 Å². The predicted octanol–water partition coefficient (Wildman–Crippen LogP) is 4.84. The number of ether oxygens (including phenoxy) is 1. The highest BCUT2D eigenvalue weighted by atomic mass is 79.9. The van der Waals surface area contributed by atoms with Crippen LogP contribution < -0.4 is 4.74 Å². The van der Waals surface area contributed by atoms with Gasteiger partial charge in [0, 0.05) is 5.56 Å². The average molecular weight is 453 g/mol. The Balaban J connectivity index is 2.04. The van der Waals surface area contributed by atoms with E-state index in [2.05, 4.69) is 53.6 Å². The highest BCUT2D eigenvalue weighted by Gasteiger charge is 2.10. The first-order valence-corrected chi connectivity index (χ1v) is 8.58. The van der Waals surface area contributed by atoms with E-state index in [1.54, 1.807) is 18.3 Å². The van der Waals surface area contributed by atoms with Gasteiger partial charge in [0.05, 0.1) is 15.1 Å². The second-order valence-corrected chi connectivity index (χ2v) is 6.46. The molecule has 24 heavy (non-hydrogen) atoms.